The normalized spacial score (nSPS) is 11.1. The molecule has 0 fully saturated rings. The van der Waals surface area contributed by atoms with Gasteiger partial charge in [-0.05, 0) is 23.6 Å². The molecule has 3 heteroatoms. The van der Waals surface area contributed by atoms with Gasteiger partial charge in [-0.2, -0.15) is 0 Å². The van der Waals surface area contributed by atoms with E-state index in [-0.39, 0.29) is 0 Å². The summed E-state index contributed by atoms with van der Waals surface area (Å²) in [5.41, 5.74) is 4.97. The molecule has 0 saturated carbocycles. The largest absolute Gasteiger partial charge is 0.290 e. The van der Waals surface area contributed by atoms with E-state index in [0.29, 0.717) is 0 Å². The van der Waals surface area contributed by atoms with Crippen LogP contribution in [0.2, 0.25) is 0 Å². The van der Waals surface area contributed by atoms with E-state index in [1.807, 2.05) is 18.5 Å². The lowest BCUT2D eigenvalue weighted by Gasteiger charge is -2.05. The van der Waals surface area contributed by atoms with Crippen LogP contribution in [-0.4, -0.2) is 9.38 Å². The third kappa shape index (κ3) is 2.06. The fraction of sp³-hybridized carbons (Fsp3) is 0.0556. The lowest BCUT2D eigenvalue weighted by Crippen LogP contribution is -1.86. The lowest BCUT2D eigenvalue weighted by molar-refractivity contribution is 1.22. The van der Waals surface area contributed by atoms with E-state index in [4.69, 9.17) is 0 Å². The lowest BCUT2D eigenvalue weighted by atomic mass is 10.0. The van der Waals surface area contributed by atoms with Crippen molar-refractivity contribution in [1.82, 2.24) is 9.38 Å². The van der Waals surface area contributed by atoms with Crippen molar-refractivity contribution in [3.05, 3.63) is 71.9 Å². The zero-order valence-corrected chi connectivity index (χ0v) is 12.5. The third-order valence-electron chi connectivity index (χ3n) is 3.69. The molecule has 0 aliphatic rings. The van der Waals surface area contributed by atoms with Crippen molar-refractivity contribution in [1.29, 1.82) is 0 Å². The van der Waals surface area contributed by atoms with Crippen LogP contribution in [0.1, 0.15) is 4.88 Å². The average Bonchev–Trinajstić information content (AvgIpc) is 3.08. The molecule has 2 aromatic heterocycles. The second-order valence-corrected chi connectivity index (χ2v) is 6.21. The van der Waals surface area contributed by atoms with E-state index in [0.717, 1.165) is 4.96 Å². The molecule has 0 N–H and O–H groups in total. The highest BCUT2D eigenvalue weighted by atomic mass is 32.1. The molecule has 0 aliphatic carbocycles. The van der Waals surface area contributed by atoms with Gasteiger partial charge < -0.3 is 0 Å². The quantitative estimate of drug-likeness (QED) is 0.505. The van der Waals surface area contributed by atoms with Crippen LogP contribution in [-0.2, 0) is 0 Å². The Hall–Kier alpha value is -2.39. The van der Waals surface area contributed by atoms with Crippen LogP contribution in [0.25, 0.3) is 27.3 Å². The topological polar surface area (TPSA) is 17.3 Å². The van der Waals surface area contributed by atoms with Gasteiger partial charge in [-0.25, -0.2) is 4.98 Å². The summed E-state index contributed by atoms with van der Waals surface area (Å²) < 4.78 is 2.16. The number of hydrogen-bond acceptors (Lipinski definition) is 2. The molecule has 102 valence electrons. The van der Waals surface area contributed by atoms with Gasteiger partial charge >= 0.3 is 0 Å². The number of benzene rings is 2. The number of thiazole rings is 1. The molecule has 4 aromatic rings. The SMILES string of the molecule is Cc1sc2nccn2c1-c1ccc(-c2ccccc2)cc1. The van der Waals surface area contributed by atoms with Crippen LogP contribution in [0.15, 0.2) is 67.0 Å². The maximum atomic E-state index is 4.37. The summed E-state index contributed by atoms with van der Waals surface area (Å²) in [5, 5.41) is 0. The predicted octanol–water partition coefficient (Wildman–Crippen LogP) is 5.04. The maximum absolute atomic E-state index is 4.37. The fourth-order valence-corrected chi connectivity index (χ4v) is 3.63. The Morgan fingerprint density at radius 1 is 0.857 bits per heavy atom. The standard InChI is InChI=1S/C18H14N2S/c1-13-17(20-12-11-19-18(20)21-13)16-9-7-15(8-10-16)14-5-3-2-4-6-14/h2-12H,1H3. The minimum atomic E-state index is 1.05. The number of nitrogens with zero attached hydrogens (tertiary/aromatic N) is 2. The fourth-order valence-electron chi connectivity index (χ4n) is 2.68. The monoisotopic (exact) mass is 290 g/mol. The number of aryl methyl sites for hydroxylation is 1. The average molecular weight is 290 g/mol. The molecule has 2 nitrogen and oxygen atoms in total. The first kappa shape index (κ1) is 12.4. The molecule has 0 atom stereocenters. The number of aromatic nitrogens is 2. The first-order valence-electron chi connectivity index (χ1n) is 6.91. The Balaban J connectivity index is 1.80. The van der Waals surface area contributed by atoms with Crippen molar-refractivity contribution in [2.24, 2.45) is 0 Å². The molecule has 0 aliphatic heterocycles. The Morgan fingerprint density at radius 3 is 2.29 bits per heavy atom. The Labute approximate surface area is 127 Å². The Morgan fingerprint density at radius 2 is 1.52 bits per heavy atom. The van der Waals surface area contributed by atoms with Crippen molar-refractivity contribution in [3.63, 3.8) is 0 Å². The molecule has 0 saturated heterocycles. The van der Waals surface area contributed by atoms with Gasteiger partial charge in [-0.1, -0.05) is 54.6 Å². The minimum absolute atomic E-state index is 1.05. The summed E-state index contributed by atoms with van der Waals surface area (Å²) in [5.74, 6) is 0. The van der Waals surface area contributed by atoms with Gasteiger partial charge in [0.25, 0.3) is 0 Å². The van der Waals surface area contributed by atoms with Crippen molar-refractivity contribution in [3.8, 4) is 22.4 Å². The number of fused-ring (bicyclic) bond motifs is 1. The van der Waals surface area contributed by atoms with Crippen LogP contribution in [0, 0.1) is 6.92 Å². The molecular formula is C18H14N2S. The van der Waals surface area contributed by atoms with Gasteiger partial charge in [0.05, 0.1) is 5.69 Å². The molecule has 21 heavy (non-hydrogen) atoms. The molecule has 2 aromatic carbocycles. The van der Waals surface area contributed by atoms with Gasteiger partial charge in [0.2, 0.25) is 0 Å². The molecule has 0 unspecified atom stereocenters. The molecular weight excluding hydrogens is 276 g/mol. The van der Waals surface area contributed by atoms with E-state index in [2.05, 4.69) is 64.8 Å². The number of rotatable bonds is 2. The molecule has 2 heterocycles. The van der Waals surface area contributed by atoms with Crippen LogP contribution in [0.5, 0.6) is 0 Å². The second kappa shape index (κ2) is 4.86. The number of imidazole rings is 1. The van der Waals surface area contributed by atoms with Crippen molar-refractivity contribution in [2.45, 2.75) is 6.92 Å². The van der Waals surface area contributed by atoms with Crippen LogP contribution < -0.4 is 0 Å². The number of hydrogen-bond donors (Lipinski definition) is 0. The van der Waals surface area contributed by atoms with Crippen molar-refractivity contribution in [2.75, 3.05) is 0 Å². The highest BCUT2D eigenvalue weighted by Gasteiger charge is 2.11. The van der Waals surface area contributed by atoms with Gasteiger partial charge in [-0.3, -0.25) is 4.40 Å². The highest BCUT2D eigenvalue weighted by Crippen LogP contribution is 2.31. The molecule has 4 rings (SSSR count). The molecule has 0 bridgehead atoms. The van der Waals surface area contributed by atoms with E-state index >= 15 is 0 Å². The van der Waals surface area contributed by atoms with Crippen molar-refractivity contribution < 1.29 is 0 Å². The minimum Gasteiger partial charge on any atom is -0.290 e. The third-order valence-corrected chi connectivity index (χ3v) is 4.68. The van der Waals surface area contributed by atoms with Crippen LogP contribution >= 0.6 is 11.3 Å². The zero-order chi connectivity index (χ0) is 14.2. The van der Waals surface area contributed by atoms with Crippen LogP contribution in [0.3, 0.4) is 0 Å². The van der Waals surface area contributed by atoms with E-state index in [1.54, 1.807) is 11.3 Å². The summed E-state index contributed by atoms with van der Waals surface area (Å²) in [7, 11) is 0. The smallest absolute Gasteiger partial charge is 0.194 e. The summed E-state index contributed by atoms with van der Waals surface area (Å²) in [6.07, 6.45) is 3.88. The highest BCUT2D eigenvalue weighted by molar-refractivity contribution is 7.17. The van der Waals surface area contributed by atoms with E-state index in [1.165, 1.54) is 27.3 Å². The zero-order valence-electron chi connectivity index (χ0n) is 11.7. The van der Waals surface area contributed by atoms with E-state index < -0.39 is 0 Å². The van der Waals surface area contributed by atoms with E-state index in [9.17, 15) is 0 Å². The van der Waals surface area contributed by atoms with Gasteiger partial charge in [-0.15, -0.1) is 11.3 Å². The second-order valence-electron chi connectivity index (χ2n) is 5.03. The first-order chi connectivity index (χ1) is 10.3. The summed E-state index contributed by atoms with van der Waals surface area (Å²) >= 11 is 1.73. The molecule has 0 amide bonds. The Kier molecular flexibility index (Phi) is 2.86. The molecule has 0 radical (unpaired) electrons. The van der Waals surface area contributed by atoms with Gasteiger partial charge in [0.1, 0.15) is 0 Å². The first-order valence-corrected chi connectivity index (χ1v) is 7.73. The van der Waals surface area contributed by atoms with Gasteiger partial charge in [0.15, 0.2) is 4.96 Å². The maximum Gasteiger partial charge on any atom is 0.194 e. The summed E-state index contributed by atoms with van der Waals surface area (Å²) in [4.78, 5) is 6.72. The summed E-state index contributed by atoms with van der Waals surface area (Å²) in [6, 6.07) is 19.2. The predicted molar refractivity (Wildman–Crippen MR) is 88.7 cm³/mol. The summed E-state index contributed by atoms with van der Waals surface area (Å²) in [6.45, 7) is 2.15. The Bertz CT molecular complexity index is 886. The van der Waals surface area contributed by atoms with Crippen molar-refractivity contribution >= 4 is 16.3 Å². The molecule has 0 spiro atoms. The van der Waals surface area contributed by atoms with Crippen LogP contribution in [0.4, 0.5) is 0 Å². The van der Waals surface area contributed by atoms with Gasteiger partial charge in [0, 0.05) is 17.3 Å².